The van der Waals surface area contributed by atoms with Crippen LogP contribution in [0.25, 0.3) is 0 Å². The summed E-state index contributed by atoms with van der Waals surface area (Å²) >= 11 is 0. The molecule has 0 aromatic heterocycles. The quantitative estimate of drug-likeness (QED) is 0.427. The summed E-state index contributed by atoms with van der Waals surface area (Å²) < 4.78 is 4.95. The van der Waals surface area contributed by atoms with Crippen LogP contribution in [0.5, 0.6) is 0 Å². The van der Waals surface area contributed by atoms with Gasteiger partial charge in [0, 0.05) is 0 Å². The number of carbonyl (C=O) groups excluding carboxylic acids is 1. The Bertz CT molecular complexity index is 103. The second-order valence-corrected chi connectivity index (χ2v) is 1.73. The Hall–Kier alpha value is -0.570. The van der Waals surface area contributed by atoms with E-state index < -0.39 is 0 Å². The lowest BCUT2D eigenvalue weighted by Gasteiger charge is -2.15. The molecule has 1 atom stereocenters. The Balaban J connectivity index is 2.39. The van der Waals surface area contributed by atoms with E-state index in [1.54, 1.807) is 6.92 Å². The molecular weight excluding hydrogens is 106 g/mol. The highest BCUT2D eigenvalue weighted by molar-refractivity contribution is 5.80. The molecule has 1 heterocycles. The van der Waals surface area contributed by atoms with Gasteiger partial charge in [-0.15, -0.1) is 0 Å². The van der Waals surface area contributed by atoms with Gasteiger partial charge in [0.2, 0.25) is 0 Å². The van der Waals surface area contributed by atoms with E-state index in [0.29, 0.717) is 13.2 Å². The van der Waals surface area contributed by atoms with Gasteiger partial charge in [-0.05, 0) is 6.92 Å². The first-order chi connectivity index (χ1) is 3.80. The Morgan fingerprint density at radius 2 is 2.62 bits per heavy atom. The van der Waals surface area contributed by atoms with Crippen molar-refractivity contribution in [1.29, 1.82) is 0 Å². The number of ether oxygens (including phenoxy) is 1. The van der Waals surface area contributed by atoms with E-state index in [9.17, 15) is 4.79 Å². The molecule has 1 unspecified atom stereocenters. The van der Waals surface area contributed by atoms with E-state index in [2.05, 4.69) is 5.32 Å². The number of hydrogen-bond donors (Lipinski definition) is 0. The average Bonchev–Trinajstić information content (AvgIpc) is 1.77. The number of carbonyl (C=O) groups is 1. The predicted molar refractivity (Wildman–Crippen MR) is 27.4 cm³/mol. The van der Waals surface area contributed by atoms with Crippen molar-refractivity contribution in [1.82, 2.24) is 5.32 Å². The second kappa shape index (κ2) is 2.13. The minimum Gasteiger partial charge on any atom is -0.367 e. The van der Waals surface area contributed by atoms with Crippen molar-refractivity contribution < 1.29 is 9.53 Å². The highest BCUT2D eigenvalue weighted by Crippen LogP contribution is 1.95. The van der Waals surface area contributed by atoms with E-state index in [-0.39, 0.29) is 12.0 Å². The third-order valence-corrected chi connectivity index (χ3v) is 1.07. The summed E-state index contributed by atoms with van der Waals surface area (Å²) in [7, 11) is 0. The maximum absolute atomic E-state index is 10.5. The van der Waals surface area contributed by atoms with Crippen LogP contribution in [-0.2, 0) is 9.53 Å². The van der Waals surface area contributed by atoms with Gasteiger partial charge in [-0.3, -0.25) is 4.79 Å². The Morgan fingerprint density at radius 3 is 3.00 bits per heavy atom. The van der Waals surface area contributed by atoms with Gasteiger partial charge in [-0.1, -0.05) is 0 Å². The van der Waals surface area contributed by atoms with Gasteiger partial charge < -0.3 is 4.74 Å². The first kappa shape index (κ1) is 5.56. The first-order valence-electron chi connectivity index (χ1n) is 2.63. The molecule has 1 saturated heterocycles. The minimum absolute atomic E-state index is 0.128. The van der Waals surface area contributed by atoms with Gasteiger partial charge in [-0.25, -0.2) is 5.32 Å². The van der Waals surface area contributed by atoms with Crippen LogP contribution in [0.15, 0.2) is 0 Å². The van der Waals surface area contributed by atoms with Crippen molar-refractivity contribution >= 4 is 5.91 Å². The molecule has 1 fully saturated rings. The third kappa shape index (κ3) is 0.980. The number of rotatable bonds is 0. The van der Waals surface area contributed by atoms with Crippen LogP contribution in [0.4, 0.5) is 0 Å². The number of nitrogens with zero attached hydrogens (tertiary/aromatic N) is 1. The zero-order chi connectivity index (χ0) is 5.98. The van der Waals surface area contributed by atoms with Crippen molar-refractivity contribution in [3.8, 4) is 0 Å². The average molecular weight is 114 g/mol. The predicted octanol–water partition coefficient (Wildman–Crippen LogP) is -0.464. The summed E-state index contributed by atoms with van der Waals surface area (Å²) in [6.45, 7) is 2.83. The summed E-state index contributed by atoms with van der Waals surface area (Å²) in [5.74, 6) is -0.128. The molecule has 0 aromatic rings. The topological polar surface area (TPSA) is 40.4 Å². The smallest absolute Gasteiger partial charge is 0.270 e. The molecule has 1 rings (SSSR count). The van der Waals surface area contributed by atoms with Gasteiger partial charge in [0.05, 0.1) is 13.2 Å². The fourth-order valence-corrected chi connectivity index (χ4v) is 0.585. The van der Waals surface area contributed by atoms with Crippen molar-refractivity contribution in [3.63, 3.8) is 0 Å². The Kier molecular flexibility index (Phi) is 1.48. The molecule has 0 aromatic carbocycles. The summed E-state index contributed by atoms with van der Waals surface area (Å²) in [5, 5.41) is 3.65. The van der Waals surface area contributed by atoms with Gasteiger partial charge in [-0.2, -0.15) is 0 Å². The maximum atomic E-state index is 10.5. The van der Waals surface area contributed by atoms with Crippen LogP contribution in [0, 0.1) is 0 Å². The summed E-state index contributed by atoms with van der Waals surface area (Å²) in [6.07, 6.45) is -0.302. The highest BCUT2D eigenvalue weighted by Gasteiger charge is 2.17. The third-order valence-electron chi connectivity index (χ3n) is 1.07. The fraction of sp³-hybridized carbons (Fsp3) is 0.800. The van der Waals surface area contributed by atoms with Crippen molar-refractivity contribution in [3.05, 3.63) is 0 Å². The molecule has 0 aliphatic carbocycles. The fourth-order valence-electron chi connectivity index (χ4n) is 0.585. The van der Waals surface area contributed by atoms with Crippen LogP contribution in [0.2, 0.25) is 0 Å². The van der Waals surface area contributed by atoms with Crippen LogP contribution in [-0.4, -0.2) is 25.2 Å². The molecule has 0 saturated carbocycles. The molecule has 3 heteroatoms. The molecule has 1 amide bonds. The summed E-state index contributed by atoms with van der Waals surface area (Å²) in [4.78, 5) is 10.5. The molecular formula is C5H8NO2. The summed E-state index contributed by atoms with van der Waals surface area (Å²) in [5.41, 5.74) is 0. The monoisotopic (exact) mass is 114 g/mol. The van der Waals surface area contributed by atoms with Crippen LogP contribution >= 0.6 is 0 Å². The normalized spacial score (nSPS) is 29.6. The van der Waals surface area contributed by atoms with Crippen molar-refractivity contribution in [2.24, 2.45) is 0 Å². The lowest BCUT2D eigenvalue weighted by atomic mass is 10.3. The zero-order valence-corrected chi connectivity index (χ0v) is 4.76. The molecule has 3 nitrogen and oxygen atoms in total. The molecule has 0 N–H and O–H groups in total. The molecule has 0 bridgehead atoms. The van der Waals surface area contributed by atoms with E-state index in [1.165, 1.54) is 0 Å². The largest absolute Gasteiger partial charge is 0.367 e. The minimum atomic E-state index is -0.302. The zero-order valence-electron chi connectivity index (χ0n) is 4.76. The Morgan fingerprint density at radius 1 is 1.88 bits per heavy atom. The molecule has 0 spiro atoms. The second-order valence-electron chi connectivity index (χ2n) is 1.73. The summed E-state index contributed by atoms with van der Waals surface area (Å²) in [6, 6.07) is 0. The van der Waals surface area contributed by atoms with Gasteiger partial charge >= 0.3 is 0 Å². The van der Waals surface area contributed by atoms with Gasteiger partial charge in [0.1, 0.15) is 6.10 Å². The number of morpholine rings is 1. The standard InChI is InChI=1S/C5H8NO2/c1-4-5(7)6-2-3-8-4/h4H,2-3H2,1H3. The molecule has 1 aliphatic heterocycles. The lowest BCUT2D eigenvalue weighted by Crippen LogP contribution is -2.37. The van der Waals surface area contributed by atoms with Crippen LogP contribution in [0.3, 0.4) is 0 Å². The van der Waals surface area contributed by atoms with Crippen LogP contribution in [0.1, 0.15) is 6.92 Å². The first-order valence-corrected chi connectivity index (χ1v) is 2.63. The van der Waals surface area contributed by atoms with E-state index in [1.807, 2.05) is 0 Å². The maximum Gasteiger partial charge on any atom is 0.270 e. The number of hydrogen-bond acceptors (Lipinski definition) is 2. The molecule has 45 valence electrons. The molecule has 8 heavy (non-hydrogen) atoms. The van der Waals surface area contributed by atoms with E-state index in [0.717, 1.165) is 0 Å². The SMILES string of the molecule is CC1OCC[N]C1=O. The Labute approximate surface area is 48.0 Å². The van der Waals surface area contributed by atoms with Crippen molar-refractivity contribution in [2.45, 2.75) is 13.0 Å². The molecule has 1 radical (unpaired) electrons. The lowest BCUT2D eigenvalue weighted by molar-refractivity contribution is -0.136. The highest BCUT2D eigenvalue weighted by atomic mass is 16.5. The molecule has 1 aliphatic rings. The van der Waals surface area contributed by atoms with E-state index >= 15 is 0 Å². The number of amides is 1. The van der Waals surface area contributed by atoms with Crippen LogP contribution < -0.4 is 5.32 Å². The van der Waals surface area contributed by atoms with E-state index in [4.69, 9.17) is 4.74 Å². The van der Waals surface area contributed by atoms with Gasteiger partial charge in [0.25, 0.3) is 5.91 Å². The van der Waals surface area contributed by atoms with Crippen molar-refractivity contribution in [2.75, 3.05) is 13.2 Å². The van der Waals surface area contributed by atoms with Gasteiger partial charge in [0.15, 0.2) is 0 Å².